The van der Waals surface area contributed by atoms with Crippen LogP contribution in [0.15, 0.2) is 24.3 Å². The van der Waals surface area contributed by atoms with Gasteiger partial charge in [-0.3, -0.25) is 14.4 Å². The van der Waals surface area contributed by atoms with Crippen molar-refractivity contribution >= 4 is 17.8 Å². The van der Waals surface area contributed by atoms with E-state index in [0.29, 0.717) is 12.1 Å². The molecule has 0 saturated carbocycles. The topological polar surface area (TPSA) is 95.9 Å². The lowest BCUT2D eigenvalue weighted by atomic mass is 9.98. The molecule has 0 saturated heterocycles. The van der Waals surface area contributed by atoms with Crippen molar-refractivity contribution in [3.05, 3.63) is 35.4 Å². The Bertz CT molecular complexity index is 617. The number of amides is 2. The summed E-state index contributed by atoms with van der Waals surface area (Å²) >= 11 is 0. The van der Waals surface area contributed by atoms with Gasteiger partial charge in [0.25, 0.3) is 11.8 Å². The number of rotatable bonds is 8. The fourth-order valence-corrected chi connectivity index (χ4v) is 2.29. The normalized spacial score (nSPS) is 13.0. The zero-order valence-corrected chi connectivity index (χ0v) is 14.5. The predicted molar refractivity (Wildman–Crippen MR) is 89.1 cm³/mol. The summed E-state index contributed by atoms with van der Waals surface area (Å²) < 4.78 is 5.01. The molecule has 0 aliphatic rings. The Morgan fingerprint density at radius 1 is 1.29 bits per heavy atom. The van der Waals surface area contributed by atoms with Crippen molar-refractivity contribution in [2.75, 3.05) is 27.3 Å². The standard InChI is InChI=1S/C17H24N2O5/c1-5-19(3)16(23)13-8-6-7-12(9-13)15(22)18-17(2,11-24-4)10-14(20)21/h6-9H,5,10-11H2,1-4H3,(H,18,22)(H,20,21). The van der Waals surface area contributed by atoms with Crippen LogP contribution in [0.5, 0.6) is 0 Å². The van der Waals surface area contributed by atoms with E-state index in [9.17, 15) is 14.4 Å². The van der Waals surface area contributed by atoms with E-state index >= 15 is 0 Å². The largest absolute Gasteiger partial charge is 0.481 e. The minimum absolute atomic E-state index is 0.0578. The first-order valence-electron chi connectivity index (χ1n) is 7.61. The zero-order chi connectivity index (χ0) is 18.3. The van der Waals surface area contributed by atoms with E-state index < -0.39 is 17.4 Å². The molecule has 132 valence electrons. The Morgan fingerprint density at radius 3 is 2.46 bits per heavy atom. The summed E-state index contributed by atoms with van der Waals surface area (Å²) in [5.41, 5.74) is -0.352. The number of nitrogens with one attached hydrogen (secondary N) is 1. The number of aliphatic carboxylic acids is 1. The van der Waals surface area contributed by atoms with Crippen molar-refractivity contribution in [3.63, 3.8) is 0 Å². The Balaban J connectivity index is 2.98. The lowest BCUT2D eigenvalue weighted by molar-refractivity contribution is -0.139. The third kappa shape index (κ3) is 5.34. The molecule has 1 rings (SSSR count). The van der Waals surface area contributed by atoms with Gasteiger partial charge in [-0.1, -0.05) is 6.07 Å². The third-order valence-electron chi connectivity index (χ3n) is 3.61. The van der Waals surface area contributed by atoms with Crippen molar-refractivity contribution in [3.8, 4) is 0 Å². The van der Waals surface area contributed by atoms with Crippen molar-refractivity contribution in [1.82, 2.24) is 10.2 Å². The highest BCUT2D eigenvalue weighted by atomic mass is 16.5. The van der Waals surface area contributed by atoms with Gasteiger partial charge in [-0.2, -0.15) is 0 Å². The molecule has 1 aromatic carbocycles. The van der Waals surface area contributed by atoms with Crippen molar-refractivity contribution in [2.45, 2.75) is 25.8 Å². The van der Waals surface area contributed by atoms with E-state index in [1.165, 1.54) is 18.1 Å². The number of carbonyl (C=O) groups is 3. The number of hydrogen-bond donors (Lipinski definition) is 2. The van der Waals surface area contributed by atoms with Gasteiger partial charge in [-0.15, -0.1) is 0 Å². The molecule has 0 aliphatic carbocycles. The molecule has 2 N–H and O–H groups in total. The Hall–Kier alpha value is -2.41. The molecule has 1 aromatic rings. The quantitative estimate of drug-likeness (QED) is 0.748. The average Bonchev–Trinajstić information content (AvgIpc) is 2.52. The van der Waals surface area contributed by atoms with E-state index in [1.807, 2.05) is 6.92 Å². The molecule has 7 heteroatoms. The van der Waals surface area contributed by atoms with Crippen LogP contribution in [0.4, 0.5) is 0 Å². The van der Waals surface area contributed by atoms with Crippen LogP contribution in [0.1, 0.15) is 41.0 Å². The molecule has 24 heavy (non-hydrogen) atoms. The molecule has 0 aromatic heterocycles. The molecular formula is C17H24N2O5. The first-order valence-corrected chi connectivity index (χ1v) is 7.61. The first-order chi connectivity index (χ1) is 11.2. The molecule has 0 aliphatic heterocycles. The van der Waals surface area contributed by atoms with Crippen LogP contribution < -0.4 is 5.32 Å². The molecule has 2 amide bonds. The lowest BCUT2D eigenvalue weighted by Crippen LogP contribution is -2.50. The highest BCUT2D eigenvalue weighted by Gasteiger charge is 2.30. The predicted octanol–water partition coefficient (Wildman–Crippen LogP) is 1.39. The number of benzene rings is 1. The van der Waals surface area contributed by atoms with Gasteiger partial charge in [0, 0.05) is 31.8 Å². The van der Waals surface area contributed by atoms with Gasteiger partial charge in [-0.25, -0.2) is 0 Å². The Kier molecular flexibility index (Phi) is 6.91. The first kappa shape index (κ1) is 19.6. The van der Waals surface area contributed by atoms with Crippen LogP contribution in [0, 0.1) is 0 Å². The number of nitrogens with zero attached hydrogens (tertiary/aromatic N) is 1. The molecule has 0 spiro atoms. The van der Waals surface area contributed by atoms with Gasteiger partial charge in [0.2, 0.25) is 0 Å². The fraction of sp³-hybridized carbons (Fsp3) is 0.471. The smallest absolute Gasteiger partial charge is 0.305 e. The van der Waals surface area contributed by atoms with E-state index in [-0.39, 0.29) is 24.5 Å². The molecule has 0 bridgehead atoms. The summed E-state index contributed by atoms with van der Waals surface area (Å²) in [6, 6.07) is 6.33. The Morgan fingerprint density at radius 2 is 1.92 bits per heavy atom. The summed E-state index contributed by atoms with van der Waals surface area (Å²) in [6.07, 6.45) is -0.274. The van der Waals surface area contributed by atoms with Crippen molar-refractivity contribution < 1.29 is 24.2 Å². The number of methoxy groups -OCH3 is 1. The number of carbonyl (C=O) groups excluding carboxylic acids is 2. The fourth-order valence-electron chi connectivity index (χ4n) is 2.29. The average molecular weight is 336 g/mol. The van der Waals surface area contributed by atoms with Crippen LogP contribution in [0.2, 0.25) is 0 Å². The van der Waals surface area contributed by atoms with Gasteiger partial charge >= 0.3 is 5.97 Å². The number of carboxylic acids is 1. The van der Waals surface area contributed by atoms with Crippen molar-refractivity contribution in [1.29, 1.82) is 0 Å². The van der Waals surface area contributed by atoms with Gasteiger partial charge in [0.1, 0.15) is 0 Å². The summed E-state index contributed by atoms with van der Waals surface area (Å²) in [5.74, 6) is -1.68. The summed E-state index contributed by atoms with van der Waals surface area (Å²) in [6.45, 7) is 4.07. The summed E-state index contributed by atoms with van der Waals surface area (Å²) in [7, 11) is 3.11. The maximum Gasteiger partial charge on any atom is 0.305 e. The second-order valence-electron chi connectivity index (χ2n) is 5.92. The minimum Gasteiger partial charge on any atom is -0.481 e. The van der Waals surface area contributed by atoms with Crippen molar-refractivity contribution in [2.24, 2.45) is 0 Å². The SMILES string of the molecule is CCN(C)C(=O)c1cccc(C(=O)NC(C)(COC)CC(=O)O)c1. The molecule has 0 radical (unpaired) electrons. The van der Waals surface area contributed by atoms with Gasteiger partial charge in [0.05, 0.1) is 18.6 Å². The molecular weight excluding hydrogens is 312 g/mol. The molecule has 0 heterocycles. The summed E-state index contributed by atoms with van der Waals surface area (Å²) in [4.78, 5) is 37.2. The van der Waals surface area contributed by atoms with E-state index in [1.54, 1.807) is 32.2 Å². The highest BCUT2D eigenvalue weighted by Crippen LogP contribution is 2.14. The maximum atomic E-state index is 12.4. The number of ether oxygens (including phenoxy) is 1. The van der Waals surface area contributed by atoms with E-state index in [4.69, 9.17) is 9.84 Å². The second-order valence-corrected chi connectivity index (χ2v) is 5.92. The summed E-state index contributed by atoms with van der Waals surface area (Å²) in [5, 5.41) is 11.7. The molecule has 7 nitrogen and oxygen atoms in total. The highest BCUT2D eigenvalue weighted by molar-refractivity contribution is 6.00. The number of hydrogen-bond acceptors (Lipinski definition) is 4. The Labute approximate surface area is 141 Å². The monoisotopic (exact) mass is 336 g/mol. The maximum absolute atomic E-state index is 12.4. The van der Waals surface area contributed by atoms with Crippen LogP contribution >= 0.6 is 0 Å². The van der Waals surface area contributed by atoms with Gasteiger partial charge in [-0.05, 0) is 32.0 Å². The lowest BCUT2D eigenvalue weighted by Gasteiger charge is -2.28. The molecule has 0 fully saturated rings. The van der Waals surface area contributed by atoms with Crippen LogP contribution in [-0.2, 0) is 9.53 Å². The second kappa shape index (κ2) is 8.44. The van der Waals surface area contributed by atoms with Gasteiger partial charge < -0.3 is 20.1 Å². The van der Waals surface area contributed by atoms with Gasteiger partial charge in [0.15, 0.2) is 0 Å². The number of carboxylic acid groups (broad SMARTS) is 1. The van der Waals surface area contributed by atoms with Crippen LogP contribution in [0.3, 0.4) is 0 Å². The van der Waals surface area contributed by atoms with Crippen LogP contribution in [0.25, 0.3) is 0 Å². The van der Waals surface area contributed by atoms with E-state index in [0.717, 1.165) is 0 Å². The minimum atomic E-state index is -1.04. The van der Waals surface area contributed by atoms with E-state index in [2.05, 4.69) is 5.32 Å². The van der Waals surface area contributed by atoms with Crippen LogP contribution in [-0.4, -0.2) is 60.6 Å². The molecule has 1 atom stereocenters. The molecule has 1 unspecified atom stereocenters. The zero-order valence-electron chi connectivity index (χ0n) is 14.5. The third-order valence-corrected chi connectivity index (χ3v) is 3.61.